The predicted octanol–water partition coefficient (Wildman–Crippen LogP) is 3.32. The van der Waals surface area contributed by atoms with Crippen molar-refractivity contribution < 1.29 is 15.2 Å². The predicted molar refractivity (Wildman–Crippen MR) is 80.4 cm³/mol. The van der Waals surface area contributed by atoms with Crippen molar-refractivity contribution in [3.8, 4) is 11.5 Å². The Morgan fingerprint density at radius 1 is 1.05 bits per heavy atom. The molecule has 0 amide bonds. The molecule has 0 aliphatic carbocycles. The highest BCUT2D eigenvalue weighted by Crippen LogP contribution is 2.31. The molecule has 0 saturated heterocycles. The molecule has 0 heterocycles. The number of hydrogen-bond donors (Lipinski definition) is 1. The lowest BCUT2D eigenvalue weighted by Crippen LogP contribution is -2.47. The SMILES string of the molecule is COc1cc(C[NH3+])ccc1OCc1c(Cl)cccc1Cl. The molecule has 0 fully saturated rings. The summed E-state index contributed by atoms with van der Waals surface area (Å²) in [5.41, 5.74) is 5.70. The monoisotopic (exact) mass is 312 g/mol. The van der Waals surface area contributed by atoms with Crippen molar-refractivity contribution in [3.05, 3.63) is 57.6 Å². The Hall–Kier alpha value is -1.42. The Balaban J connectivity index is 2.19. The highest BCUT2D eigenvalue weighted by atomic mass is 35.5. The molecule has 0 radical (unpaired) electrons. The maximum Gasteiger partial charge on any atom is 0.161 e. The minimum absolute atomic E-state index is 0.290. The van der Waals surface area contributed by atoms with E-state index in [-0.39, 0.29) is 0 Å². The molecule has 2 aromatic rings. The van der Waals surface area contributed by atoms with E-state index in [1.807, 2.05) is 18.2 Å². The zero-order valence-electron chi connectivity index (χ0n) is 11.2. The number of quaternary nitrogens is 1. The van der Waals surface area contributed by atoms with Crippen LogP contribution in [0.25, 0.3) is 0 Å². The van der Waals surface area contributed by atoms with Gasteiger partial charge in [0.2, 0.25) is 0 Å². The first-order chi connectivity index (χ1) is 9.65. The van der Waals surface area contributed by atoms with Gasteiger partial charge in [-0.3, -0.25) is 0 Å². The molecular formula is C15H16Cl2NO2+. The lowest BCUT2D eigenvalue weighted by atomic mass is 10.2. The standard InChI is InChI=1S/C15H15Cl2NO2/c1-19-15-7-10(8-18)5-6-14(15)20-9-11-12(16)3-2-4-13(11)17/h2-7H,8-9,18H2,1H3/p+1. The van der Waals surface area contributed by atoms with Crippen LogP contribution >= 0.6 is 23.2 Å². The Morgan fingerprint density at radius 2 is 1.75 bits per heavy atom. The molecule has 0 unspecified atom stereocenters. The molecule has 0 bridgehead atoms. The van der Waals surface area contributed by atoms with Gasteiger partial charge in [-0.25, -0.2) is 0 Å². The van der Waals surface area contributed by atoms with Gasteiger partial charge in [-0.15, -0.1) is 0 Å². The first-order valence-corrected chi connectivity index (χ1v) is 6.93. The van der Waals surface area contributed by atoms with Crippen LogP contribution < -0.4 is 15.2 Å². The highest BCUT2D eigenvalue weighted by molar-refractivity contribution is 6.35. The van der Waals surface area contributed by atoms with Crippen LogP contribution in [0.2, 0.25) is 10.0 Å². The molecule has 0 aromatic heterocycles. The van der Waals surface area contributed by atoms with Crippen molar-refractivity contribution in [3.63, 3.8) is 0 Å². The topological polar surface area (TPSA) is 46.1 Å². The molecule has 0 spiro atoms. The fourth-order valence-electron chi connectivity index (χ4n) is 1.81. The van der Waals surface area contributed by atoms with Crippen LogP contribution in [-0.4, -0.2) is 7.11 Å². The minimum Gasteiger partial charge on any atom is -0.493 e. The van der Waals surface area contributed by atoms with Gasteiger partial charge in [-0.05, 0) is 30.3 Å². The molecule has 2 rings (SSSR count). The first-order valence-electron chi connectivity index (χ1n) is 6.17. The van der Waals surface area contributed by atoms with Crippen LogP contribution in [0.3, 0.4) is 0 Å². The van der Waals surface area contributed by atoms with Crippen molar-refractivity contribution in [1.29, 1.82) is 0 Å². The number of rotatable bonds is 5. The summed E-state index contributed by atoms with van der Waals surface area (Å²) in [5, 5.41) is 1.18. The Labute approximate surface area is 128 Å². The van der Waals surface area contributed by atoms with Crippen molar-refractivity contribution in [1.82, 2.24) is 0 Å². The van der Waals surface area contributed by atoms with E-state index in [2.05, 4.69) is 5.73 Å². The smallest absolute Gasteiger partial charge is 0.161 e. The molecule has 3 N–H and O–H groups in total. The van der Waals surface area contributed by atoms with Crippen molar-refractivity contribution in [2.24, 2.45) is 0 Å². The highest BCUT2D eigenvalue weighted by Gasteiger charge is 2.10. The van der Waals surface area contributed by atoms with E-state index in [9.17, 15) is 0 Å². The molecule has 0 aliphatic heterocycles. The quantitative estimate of drug-likeness (QED) is 0.920. The van der Waals surface area contributed by atoms with E-state index >= 15 is 0 Å². The zero-order chi connectivity index (χ0) is 14.5. The van der Waals surface area contributed by atoms with Gasteiger partial charge in [0.1, 0.15) is 6.61 Å². The van der Waals surface area contributed by atoms with Gasteiger partial charge in [-0.1, -0.05) is 29.3 Å². The van der Waals surface area contributed by atoms with Crippen LogP contribution in [0, 0.1) is 0 Å². The third-order valence-electron chi connectivity index (χ3n) is 2.95. The zero-order valence-corrected chi connectivity index (χ0v) is 12.7. The van der Waals surface area contributed by atoms with Crippen LogP contribution in [0.15, 0.2) is 36.4 Å². The normalized spacial score (nSPS) is 10.4. The second-order valence-corrected chi connectivity index (χ2v) is 5.04. The summed E-state index contributed by atoms with van der Waals surface area (Å²) in [7, 11) is 1.61. The molecule has 3 nitrogen and oxygen atoms in total. The number of methoxy groups -OCH3 is 1. The third-order valence-corrected chi connectivity index (χ3v) is 3.66. The summed E-state index contributed by atoms with van der Waals surface area (Å²) in [6.07, 6.45) is 0. The molecule has 5 heteroatoms. The summed E-state index contributed by atoms with van der Waals surface area (Å²) in [6.45, 7) is 0.992. The maximum atomic E-state index is 6.11. The van der Waals surface area contributed by atoms with Crippen LogP contribution in [0.1, 0.15) is 11.1 Å². The lowest BCUT2D eigenvalue weighted by Gasteiger charge is -2.13. The average Bonchev–Trinajstić information content (AvgIpc) is 2.46. The Bertz CT molecular complexity index is 582. The van der Waals surface area contributed by atoms with E-state index < -0.39 is 0 Å². The number of benzene rings is 2. The summed E-state index contributed by atoms with van der Waals surface area (Å²) in [5.74, 6) is 1.33. The molecule has 106 valence electrons. The van der Waals surface area contributed by atoms with Crippen LogP contribution in [0.4, 0.5) is 0 Å². The number of hydrogen-bond acceptors (Lipinski definition) is 2. The summed E-state index contributed by atoms with van der Waals surface area (Å²) in [4.78, 5) is 0. The third kappa shape index (κ3) is 3.37. The Morgan fingerprint density at radius 3 is 2.35 bits per heavy atom. The van der Waals surface area contributed by atoms with Crippen LogP contribution in [-0.2, 0) is 13.2 Å². The van der Waals surface area contributed by atoms with E-state index in [0.717, 1.165) is 11.1 Å². The largest absolute Gasteiger partial charge is 0.493 e. The molecule has 0 aliphatic rings. The molecule has 0 atom stereocenters. The van der Waals surface area contributed by atoms with Crippen molar-refractivity contribution in [2.45, 2.75) is 13.2 Å². The second-order valence-electron chi connectivity index (χ2n) is 4.22. The van der Waals surface area contributed by atoms with Gasteiger partial charge in [0, 0.05) is 21.2 Å². The van der Waals surface area contributed by atoms with Gasteiger partial charge in [0.05, 0.1) is 13.7 Å². The van der Waals surface area contributed by atoms with Crippen molar-refractivity contribution in [2.75, 3.05) is 7.11 Å². The Kier molecular flexibility index (Phi) is 5.12. The summed E-state index contributed by atoms with van der Waals surface area (Å²) >= 11 is 12.2. The molecule has 2 aromatic carbocycles. The summed E-state index contributed by atoms with van der Waals surface area (Å²) < 4.78 is 11.1. The average molecular weight is 313 g/mol. The van der Waals surface area contributed by atoms with Gasteiger partial charge in [0.15, 0.2) is 11.5 Å². The number of ether oxygens (including phenoxy) is 2. The van der Waals surface area contributed by atoms with Gasteiger partial charge in [0.25, 0.3) is 0 Å². The first kappa shape index (κ1) is 15.0. The minimum atomic E-state index is 0.290. The molecule has 0 saturated carbocycles. The molecular weight excluding hydrogens is 297 g/mol. The lowest BCUT2D eigenvalue weighted by molar-refractivity contribution is -0.386. The fourth-order valence-corrected chi connectivity index (χ4v) is 2.31. The molecule has 20 heavy (non-hydrogen) atoms. The van der Waals surface area contributed by atoms with E-state index in [0.29, 0.717) is 34.7 Å². The fraction of sp³-hybridized carbons (Fsp3) is 0.200. The van der Waals surface area contributed by atoms with Gasteiger partial charge in [-0.2, -0.15) is 0 Å². The van der Waals surface area contributed by atoms with Crippen LogP contribution in [0.5, 0.6) is 11.5 Å². The van der Waals surface area contributed by atoms with Gasteiger partial charge < -0.3 is 15.2 Å². The van der Waals surface area contributed by atoms with Crippen molar-refractivity contribution >= 4 is 23.2 Å². The van der Waals surface area contributed by atoms with E-state index in [4.69, 9.17) is 32.7 Å². The van der Waals surface area contributed by atoms with E-state index in [1.165, 1.54) is 0 Å². The van der Waals surface area contributed by atoms with E-state index in [1.54, 1.807) is 25.3 Å². The summed E-state index contributed by atoms with van der Waals surface area (Å²) in [6, 6.07) is 11.1. The number of halogens is 2. The second kappa shape index (κ2) is 6.84. The maximum absolute atomic E-state index is 6.11. The van der Waals surface area contributed by atoms with Gasteiger partial charge >= 0.3 is 0 Å².